The lowest BCUT2D eigenvalue weighted by molar-refractivity contribution is 0.238. The maximum atomic E-state index is 11.4. The van der Waals surface area contributed by atoms with E-state index in [1.54, 1.807) is 0 Å². The summed E-state index contributed by atoms with van der Waals surface area (Å²) in [4.78, 5) is 11.4. The molecule has 0 heterocycles. The summed E-state index contributed by atoms with van der Waals surface area (Å²) in [6.45, 7) is 0.264. The van der Waals surface area contributed by atoms with Crippen molar-refractivity contribution in [1.29, 1.82) is 0 Å². The Kier molecular flexibility index (Phi) is 3.11. The second-order valence-corrected chi connectivity index (χ2v) is 3.82. The Morgan fingerprint density at radius 3 is 3.12 bits per heavy atom. The topological polar surface area (TPSA) is 41.1 Å². The molecule has 0 radical (unpaired) electrons. The molecule has 1 aromatic rings. The Labute approximate surface area is 95.2 Å². The molecule has 2 N–H and O–H groups in total. The first-order valence-corrected chi connectivity index (χ1v) is 5.37. The van der Waals surface area contributed by atoms with Gasteiger partial charge in [-0.2, -0.15) is 0 Å². The van der Waals surface area contributed by atoms with Gasteiger partial charge < -0.3 is 10.6 Å². The lowest BCUT2D eigenvalue weighted by atomic mass is 10.1. The number of terminal acetylenes is 1. The van der Waals surface area contributed by atoms with E-state index in [-0.39, 0.29) is 18.6 Å². The van der Waals surface area contributed by atoms with E-state index in [0.29, 0.717) is 0 Å². The van der Waals surface area contributed by atoms with Gasteiger partial charge >= 0.3 is 6.03 Å². The average molecular weight is 214 g/mol. The fourth-order valence-electron chi connectivity index (χ4n) is 2.05. The summed E-state index contributed by atoms with van der Waals surface area (Å²) in [5.41, 5.74) is 2.54. The van der Waals surface area contributed by atoms with Gasteiger partial charge in [0.25, 0.3) is 0 Å². The molecule has 82 valence electrons. The van der Waals surface area contributed by atoms with E-state index in [0.717, 1.165) is 12.8 Å². The van der Waals surface area contributed by atoms with Gasteiger partial charge in [0.15, 0.2) is 0 Å². The predicted octanol–water partition coefficient (Wildman–Crippen LogP) is 1.61. The number of hydrogen-bond donors (Lipinski definition) is 2. The molecule has 0 fully saturated rings. The highest BCUT2D eigenvalue weighted by Gasteiger charge is 2.22. The summed E-state index contributed by atoms with van der Waals surface area (Å²) in [7, 11) is 0. The van der Waals surface area contributed by atoms with Crippen LogP contribution in [0.3, 0.4) is 0 Å². The van der Waals surface area contributed by atoms with Gasteiger partial charge in [-0.05, 0) is 24.0 Å². The number of aryl methyl sites for hydroxylation is 1. The molecule has 0 saturated carbocycles. The third-order valence-corrected chi connectivity index (χ3v) is 2.79. The monoisotopic (exact) mass is 214 g/mol. The number of rotatable bonds is 2. The molecule has 16 heavy (non-hydrogen) atoms. The van der Waals surface area contributed by atoms with Crippen LogP contribution in [0.1, 0.15) is 23.6 Å². The summed E-state index contributed by atoms with van der Waals surface area (Å²) >= 11 is 0. The molecule has 0 spiro atoms. The van der Waals surface area contributed by atoms with E-state index >= 15 is 0 Å². The molecule has 1 aromatic carbocycles. The molecule has 0 saturated heterocycles. The molecular formula is C13H14N2O. The Morgan fingerprint density at radius 1 is 1.50 bits per heavy atom. The van der Waals surface area contributed by atoms with E-state index in [9.17, 15) is 4.79 Å². The van der Waals surface area contributed by atoms with Gasteiger partial charge in [0, 0.05) is 0 Å². The SMILES string of the molecule is C#CCNC(=O)NC1CCc2ccccc21. The summed E-state index contributed by atoms with van der Waals surface area (Å²) in [5, 5.41) is 5.53. The quantitative estimate of drug-likeness (QED) is 0.721. The van der Waals surface area contributed by atoms with Crippen molar-refractivity contribution in [2.75, 3.05) is 6.54 Å². The molecule has 2 amide bonds. The second-order valence-electron chi connectivity index (χ2n) is 3.82. The van der Waals surface area contributed by atoms with Crippen molar-refractivity contribution in [3.8, 4) is 12.3 Å². The number of carbonyl (C=O) groups excluding carboxylic acids is 1. The highest BCUT2D eigenvalue weighted by atomic mass is 16.2. The number of fused-ring (bicyclic) bond motifs is 1. The molecule has 3 heteroatoms. The molecule has 0 aromatic heterocycles. The fraction of sp³-hybridized carbons (Fsp3) is 0.308. The third kappa shape index (κ3) is 2.17. The lowest BCUT2D eigenvalue weighted by Crippen LogP contribution is -2.37. The highest BCUT2D eigenvalue weighted by Crippen LogP contribution is 2.30. The first-order valence-electron chi connectivity index (χ1n) is 5.37. The van der Waals surface area contributed by atoms with Gasteiger partial charge in [0.1, 0.15) is 0 Å². The van der Waals surface area contributed by atoms with Crippen LogP contribution in [0.15, 0.2) is 24.3 Å². The first kappa shape index (κ1) is 10.6. The van der Waals surface area contributed by atoms with Gasteiger partial charge in [-0.3, -0.25) is 0 Å². The maximum Gasteiger partial charge on any atom is 0.316 e. The Morgan fingerprint density at radius 2 is 2.31 bits per heavy atom. The van der Waals surface area contributed by atoms with Gasteiger partial charge in [-0.25, -0.2) is 4.79 Å². The number of amides is 2. The lowest BCUT2D eigenvalue weighted by Gasteiger charge is -2.13. The fourth-order valence-corrected chi connectivity index (χ4v) is 2.05. The molecule has 0 aliphatic heterocycles. The van der Waals surface area contributed by atoms with Crippen LogP contribution in [-0.4, -0.2) is 12.6 Å². The number of nitrogens with one attached hydrogen (secondary N) is 2. The molecule has 0 bridgehead atoms. The van der Waals surface area contributed by atoms with Crippen LogP contribution in [-0.2, 0) is 6.42 Å². The summed E-state index contributed by atoms with van der Waals surface area (Å²) in [6.07, 6.45) is 7.05. The molecule has 1 aliphatic carbocycles. The van der Waals surface area contributed by atoms with Crippen LogP contribution in [0, 0.1) is 12.3 Å². The van der Waals surface area contributed by atoms with Gasteiger partial charge in [0.05, 0.1) is 12.6 Å². The van der Waals surface area contributed by atoms with Crippen molar-refractivity contribution in [1.82, 2.24) is 10.6 Å². The molecule has 1 atom stereocenters. The Bertz CT molecular complexity index is 434. The minimum atomic E-state index is -0.195. The van der Waals surface area contributed by atoms with Gasteiger partial charge in [0.2, 0.25) is 0 Å². The minimum absolute atomic E-state index is 0.119. The van der Waals surface area contributed by atoms with E-state index in [2.05, 4.69) is 28.7 Å². The second kappa shape index (κ2) is 4.71. The van der Waals surface area contributed by atoms with Gasteiger partial charge in [-0.1, -0.05) is 30.2 Å². The maximum absolute atomic E-state index is 11.4. The van der Waals surface area contributed by atoms with Crippen LogP contribution in [0.25, 0.3) is 0 Å². The zero-order chi connectivity index (χ0) is 11.4. The molecule has 1 unspecified atom stereocenters. The van der Waals surface area contributed by atoms with Crippen LogP contribution >= 0.6 is 0 Å². The standard InChI is InChI=1S/C13H14N2O/c1-2-9-14-13(16)15-12-8-7-10-5-3-4-6-11(10)12/h1,3-6,12H,7-9H2,(H2,14,15,16). The van der Waals surface area contributed by atoms with Gasteiger partial charge in [-0.15, -0.1) is 6.42 Å². The predicted molar refractivity (Wildman–Crippen MR) is 62.9 cm³/mol. The van der Waals surface area contributed by atoms with Crippen molar-refractivity contribution in [2.45, 2.75) is 18.9 Å². The smallest absolute Gasteiger partial charge is 0.316 e. The summed E-state index contributed by atoms with van der Waals surface area (Å²) in [6, 6.07) is 8.12. The first-order chi connectivity index (χ1) is 7.81. The van der Waals surface area contributed by atoms with Crippen molar-refractivity contribution in [3.63, 3.8) is 0 Å². The summed E-state index contributed by atoms with van der Waals surface area (Å²) < 4.78 is 0. The normalized spacial score (nSPS) is 17.3. The van der Waals surface area contributed by atoms with Crippen molar-refractivity contribution >= 4 is 6.03 Å². The molecule has 3 nitrogen and oxygen atoms in total. The number of benzene rings is 1. The van der Waals surface area contributed by atoms with Crippen LogP contribution < -0.4 is 10.6 Å². The van der Waals surface area contributed by atoms with E-state index < -0.39 is 0 Å². The van der Waals surface area contributed by atoms with E-state index in [1.807, 2.05) is 12.1 Å². The van der Waals surface area contributed by atoms with Crippen molar-refractivity contribution in [3.05, 3.63) is 35.4 Å². The Hall–Kier alpha value is -1.95. The largest absolute Gasteiger partial charge is 0.331 e. The summed E-state index contributed by atoms with van der Waals surface area (Å²) in [5.74, 6) is 2.37. The number of hydrogen-bond acceptors (Lipinski definition) is 1. The van der Waals surface area contributed by atoms with Crippen LogP contribution in [0.2, 0.25) is 0 Å². The van der Waals surface area contributed by atoms with Crippen molar-refractivity contribution < 1.29 is 4.79 Å². The molecule has 2 rings (SSSR count). The number of carbonyl (C=O) groups is 1. The minimum Gasteiger partial charge on any atom is -0.331 e. The average Bonchev–Trinajstić information content (AvgIpc) is 2.70. The van der Waals surface area contributed by atoms with E-state index in [1.165, 1.54) is 11.1 Å². The van der Waals surface area contributed by atoms with Crippen molar-refractivity contribution in [2.24, 2.45) is 0 Å². The number of urea groups is 1. The zero-order valence-electron chi connectivity index (χ0n) is 8.99. The molecular weight excluding hydrogens is 200 g/mol. The highest BCUT2D eigenvalue weighted by molar-refractivity contribution is 5.74. The third-order valence-electron chi connectivity index (χ3n) is 2.79. The van der Waals surface area contributed by atoms with Crippen LogP contribution in [0.4, 0.5) is 4.79 Å². The van der Waals surface area contributed by atoms with Crippen LogP contribution in [0.5, 0.6) is 0 Å². The zero-order valence-corrected chi connectivity index (χ0v) is 8.99. The molecule has 1 aliphatic rings. The Balaban J connectivity index is 1.98. The van der Waals surface area contributed by atoms with E-state index in [4.69, 9.17) is 6.42 Å².